The summed E-state index contributed by atoms with van der Waals surface area (Å²) in [6.07, 6.45) is 2.60. The highest BCUT2D eigenvalue weighted by Crippen LogP contribution is 2.28. The summed E-state index contributed by atoms with van der Waals surface area (Å²) in [7, 11) is 0. The topological polar surface area (TPSA) is 79.6 Å². The number of carbonyl (C=O) groups excluding carboxylic acids is 2. The molecular formula is C20H29N5O2. The van der Waals surface area contributed by atoms with Gasteiger partial charge < -0.3 is 10.2 Å². The average molecular weight is 371 g/mol. The summed E-state index contributed by atoms with van der Waals surface area (Å²) in [4.78, 5) is 30.4. The standard InChI is InChI=1S/C20H29N5O2/c1-5-20(27)24-10-9-15(12-24)17-11-18-22-13(3)16(14(4)25(18)23-17)7-8-19(26)21-6-2/h11,15H,5-10,12H2,1-4H3,(H,21,26). The van der Waals surface area contributed by atoms with Crippen molar-refractivity contribution >= 4 is 17.5 Å². The molecule has 1 unspecified atom stereocenters. The Labute approximate surface area is 160 Å². The van der Waals surface area contributed by atoms with E-state index in [2.05, 4.69) is 5.32 Å². The van der Waals surface area contributed by atoms with E-state index in [4.69, 9.17) is 10.1 Å². The van der Waals surface area contributed by atoms with Gasteiger partial charge in [-0.25, -0.2) is 9.50 Å². The molecule has 3 heterocycles. The molecule has 0 aliphatic carbocycles. The summed E-state index contributed by atoms with van der Waals surface area (Å²) >= 11 is 0. The summed E-state index contributed by atoms with van der Waals surface area (Å²) in [5, 5.41) is 7.63. The maximum absolute atomic E-state index is 11.9. The summed E-state index contributed by atoms with van der Waals surface area (Å²) in [6, 6.07) is 2.04. The molecule has 2 amide bonds. The lowest BCUT2D eigenvalue weighted by Crippen LogP contribution is -2.27. The predicted octanol–water partition coefficient (Wildman–Crippen LogP) is 2.14. The number of hydrogen-bond acceptors (Lipinski definition) is 4. The maximum atomic E-state index is 11.9. The number of carbonyl (C=O) groups is 2. The minimum Gasteiger partial charge on any atom is -0.356 e. The van der Waals surface area contributed by atoms with Crippen LogP contribution in [0.4, 0.5) is 0 Å². The molecule has 0 radical (unpaired) electrons. The molecule has 0 spiro atoms. The molecule has 2 aromatic heterocycles. The first-order chi connectivity index (χ1) is 12.9. The third kappa shape index (κ3) is 3.96. The van der Waals surface area contributed by atoms with E-state index in [1.165, 1.54) is 0 Å². The Morgan fingerprint density at radius 3 is 2.78 bits per heavy atom. The fourth-order valence-electron chi connectivity index (χ4n) is 3.88. The van der Waals surface area contributed by atoms with E-state index in [-0.39, 0.29) is 17.7 Å². The zero-order valence-corrected chi connectivity index (χ0v) is 16.7. The van der Waals surface area contributed by atoms with Gasteiger partial charge in [-0.1, -0.05) is 6.92 Å². The van der Waals surface area contributed by atoms with Crippen molar-refractivity contribution in [3.63, 3.8) is 0 Å². The number of aromatic nitrogens is 3. The quantitative estimate of drug-likeness (QED) is 0.844. The smallest absolute Gasteiger partial charge is 0.222 e. The van der Waals surface area contributed by atoms with E-state index in [0.29, 0.717) is 25.8 Å². The van der Waals surface area contributed by atoms with Crippen LogP contribution in [0.25, 0.3) is 5.65 Å². The number of amides is 2. The van der Waals surface area contributed by atoms with Gasteiger partial charge >= 0.3 is 0 Å². The van der Waals surface area contributed by atoms with E-state index >= 15 is 0 Å². The lowest BCUT2D eigenvalue weighted by molar-refractivity contribution is -0.129. The van der Waals surface area contributed by atoms with Crippen molar-refractivity contribution in [2.45, 2.75) is 59.3 Å². The molecule has 1 aliphatic heterocycles. The Balaban J connectivity index is 1.82. The zero-order chi connectivity index (χ0) is 19.6. The van der Waals surface area contributed by atoms with E-state index in [0.717, 1.165) is 47.8 Å². The number of rotatable bonds is 6. The number of likely N-dealkylation sites (tertiary alicyclic amines) is 1. The minimum atomic E-state index is 0.0594. The van der Waals surface area contributed by atoms with Crippen LogP contribution < -0.4 is 5.32 Å². The molecule has 1 fully saturated rings. The second kappa shape index (κ2) is 8.06. The van der Waals surface area contributed by atoms with Gasteiger partial charge in [0.05, 0.1) is 5.69 Å². The summed E-state index contributed by atoms with van der Waals surface area (Å²) in [6.45, 7) is 10.0. The Morgan fingerprint density at radius 1 is 1.30 bits per heavy atom. The van der Waals surface area contributed by atoms with Gasteiger partial charge in [0.15, 0.2) is 5.65 Å². The first-order valence-corrected chi connectivity index (χ1v) is 9.84. The van der Waals surface area contributed by atoms with Crippen molar-refractivity contribution in [1.29, 1.82) is 0 Å². The van der Waals surface area contributed by atoms with E-state index in [1.807, 2.05) is 43.2 Å². The lowest BCUT2D eigenvalue weighted by atomic mass is 10.1. The highest BCUT2D eigenvalue weighted by molar-refractivity contribution is 5.76. The lowest BCUT2D eigenvalue weighted by Gasteiger charge is -2.14. The number of nitrogens with zero attached hydrogens (tertiary/aromatic N) is 4. The molecule has 7 heteroatoms. The van der Waals surface area contributed by atoms with Crippen LogP contribution in [0.2, 0.25) is 0 Å². The number of nitrogens with one attached hydrogen (secondary N) is 1. The van der Waals surface area contributed by atoms with Crippen LogP contribution in [0, 0.1) is 13.8 Å². The van der Waals surface area contributed by atoms with Gasteiger partial charge in [-0.2, -0.15) is 5.10 Å². The fourth-order valence-corrected chi connectivity index (χ4v) is 3.88. The van der Waals surface area contributed by atoms with Crippen molar-refractivity contribution in [1.82, 2.24) is 24.8 Å². The zero-order valence-electron chi connectivity index (χ0n) is 16.7. The molecule has 0 saturated carbocycles. The van der Waals surface area contributed by atoms with Gasteiger partial charge in [0, 0.05) is 55.8 Å². The molecule has 3 rings (SSSR count). The number of hydrogen-bond donors (Lipinski definition) is 1. The van der Waals surface area contributed by atoms with Crippen molar-refractivity contribution in [3.8, 4) is 0 Å². The third-order valence-electron chi connectivity index (χ3n) is 5.42. The molecule has 146 valence electrons. The van der Waals surface area contributed by atoms with Gasteiger partial charge in [0.1, 0.15) is 0 Å². The van der Waals surface area contributed by atoms with Crippen LogP contribution in [0.3, 0.4) is 0 Å². The molecule has 27 heavy (non-hydrogen) atoms. The number of fused-ring (bicyclic) bond motifs is 1. The van der Waals surface area contributed by atoms with Crippen LogP contribution in [0.1, 0.15) is 61.7 Å². The Hall–Kier alpha value is -2.44. The van der Waals surface area contributed by atoms with Crippen LogP contribution in [0.5, 0.6) is 0 Å². The van der Waals surface area contributed by atoms with E-state index < -0.39 is 0 Å². The van der Waals surface area contributed by atoms with Crippen LogP contribution in [0.15, 0.2) is 6.07 Å². The van der Waals surface area contributed by atoms with E-state index in [1.54, 1.807) is 0 Å². The summed E-state index contributed by atoms with van der Waals surface area (Å²) in [5.74, 6) is 0.531. The third-order valence-corrected chi connectivity index (χ3v) is 5.42. The normalized spacial score (nSPS) is 16.9. The minimum absolute atomic E-state index is 0.0594. The van der Waals surface area contributed by atoms with Gasteiger partial charge in [-0.15, -0.1) is 0 Å². The second-order valence-corrected chi connectivity index (χ2v) is 7.23. The second-order valence-electron chi connectivity index (χ2n) is 7.23. The molecule has 1 N–H and O–H groups in total. The molecule has 1 saturated heterocycles. The summed E-state index contributed by atoms with van der Waals surface area (Å²) in [5.41, 5.74) is 4.90. The van der Waals surface area contributed by atoms with Crippen LogP contribution in [-0.4, -0.2) is 50.9 Å². The first kappa shape index (κ1) is 19.3. The maximum Gasteiger partial charge on any atom is 0.222 e. The SMILES string of the molecule is CCNC(=O)CCc1c(C)nc2cc(C3CCN(C(=O)CC)C3)nn2c1C. The summed E-state index contributed by atoms with van der Waals surface area (Å²) < 4.78 is 1.89. The van der Waals surface area contributed by atoms with Crippen molar-refractivity contribution in [3.05, 3.63) is 28.7 Å². The van der Waals surface area contributed by atoms with E-state index in [9.17, 15) is 9.59 Å². The molecule has 1 aliphatic rings. The van der Waals surface area contributed by atoms with Crippen LogP contribution in [-0.2, 0) is 16.0 Å². The molecule has 2 aromatic rings. The fraction of sp³-hybridized carbons (Fsp3) is 0.600. The average Bonchev–Trinajstić information content (AvgIpc) is 3.28. The first-order valence-electron chi connectivity index (χ1n) is 9.84. The van der Waals surface area contributed by atoms with Gasteiger partial charge in [0.25, 0.3) is 0 Å². The highest BCUT2D eigenvalue weighted by Gasteiger charge is 2.28. The van der Waals surface area contributed by atoms with Crippen molar-refractivity contribution in [2.24, 2.45) is 0 Å². The predicted molar refractivity (Wildman–Crippen MR) is 104 cm³/mol. The van der Waals surface area contributed by atoms with Crippen molar-refractivity contribution in [2.75, 3.05) is 19.6 Å². The Bertz CT molecular complexity index is 858. The number of aryl methyl sites for hydroxylation is 2. The van der Waals surface area contributed by atoms with Crippen molar-refractivity contribution < 1.29 is 9.59 Å². The Kier molecular flexibility index (Phi) is 5.77. The molecule has 0 aromatic carbocycles. The van der Waals surface area contributed by atoms with Crippen LogP contribution >= 0.6 is 0 Å². The molecular weight excluding hydrogens is 342 g/mol. The van der Waals surface area contributed by atoms with Gasteiger partial charge in [-0.05, 0) is 39.2 Å². The monoisotopic (exact) mass is 371 g/mol. The van der Waals surface area contributed by atoms with Gasteiger partial charge in [-0.3, -0.25) is 9.59 Å². The Morgan fingerprint density at radius 2 is 2.07 bits per heavy atom. The molecule has 1 atom stereocenters. The molecule has 7 nitrogen and oxygen atoms in total. The molecule has 0 bridgehead atoms. The largest absolute Gasteiger partial charge is 0.356 e. The highest BCUT2D eigenvalue weighted by atomic mass is 16.2. The van der Waals surface area contributed by atoms with Gasteiger partial charge in [0.2, 0.25) is 11.8 Å².